The van der Waals surface area contributed by atoms with E-state index in [1.54, 1.807) is 6.26 Å². The van der Waals surface area contributed by atoms with Crippen molar-refractivity contribution in [3.05, 3.63) is 24.2 Å². The van der Waals surface area contributed by atoms with E-state index in [0.717, 1.165) is 51.6 Å². The Morgan fingerprint density at radius 3 is 2.61 bits per heavy atom. The molecule has 1 unspecified atom stereocenters. The van der Waals surface area contributed by atoms with E-state index in [1.165, 1.54) is 0 Å². The predicted octanol–water partition coefficient (Wildman–Crippen LogP) is 1.57. The van der Waals surface area contributed by atoms with Gasteiger partial charge in [-0.1, -0.05) is 13.8 Å². The molecule has 1 saturated heterocycles. The van der Waals surface area contributed by atoms with Crippen molar-refractivity contribution in [1.82, 2.24) is 15.1 Å². The monoisotopic (exact) mass is 251 g/mol. The molecule has 1 fully saturated rings. The standard InChI is InChI=1S/C14H25N3O/c1-3-16(4-2)12-13(14-6-5-11-18-14)17-9-7-15-8-10-17/h5-6,11,13,15H,3-4,7-10,12H2,1-2H3. The Balaban J connectivity index is 2.07. The van der Waals surface area contributed by atoms with Gasteiger partial charge in [0.15, 0.2) is 0 Å². The molecule has 0 saturated carbocycles. The van der Waals surface area contributed by atoms with E-state index in [-0.39, 0.29) is 0 Å². The number of piperazine rings is 1. The fourth-order valence-corrected chi connectivity index (χ4v) is 2.59. The summed E-state index contributed by atoms with van der Waals surface area (Å²) in [4.78, 5) is 5.00. The second-order valence-electron chi connectivity index (χ2n) is 4.80. The lowest BCUT2D eigenvalue weighted by Crippen LogP contribution is -2.48. The van der Waals surface area contributed by atoms with Gasteiger partial charge in [-0.2, -0.15) is 0 Å². The zero-order valence-electron chi connectivity index (χ0n) is 11.6. The van der Waals surface area contributed by atoms with Gasteiger partial charge in [-0.3, -0.25) is 4.90 Å². The number of furan rings is 1. The topological polar surface area (TPSA) is 31.7 Å². The number of rotatable bonds is 6. The summed E-state index contributed by atoms with van der Waals surface area (Å²) in [7, 11) is 0. The molecule has 0 bridgehead atoms. The van der Waals surface area contributed by atoms with Crippen molar-refractivity contribution >= 4 is 0 Å². The van der Waals surface area contributed by atoms with Crippen LogP contribution in [0.2, 0.25) is 0 Å². The third-order valence-electron chi connectivity index (χ3n) is 3.79. The fraction of sp³-hybridized carbons (Fsp3) is 0.714. The van der Waals surface area contributed by atoms with E-state index < -0.39 is 0 Å². The molecule has 0 amide bonds. The van der Waals surface area contributed by atoms with Crippen molar-refractivity contribution in [3.8, 4) is 0 Å². The Labute approximate surface area is 110 Å². The summed E-state index contributed by atoms with van der Waals surface area (Å²) in [6.07, 6.45) is 1.78. The van der Waals surface area contributed by atoms with Crippen LogP contribution in [0.1, 0.15) is 25.6 Å². The van der Waals surface area contributed by atoms with Crippen LogP contribution in [0.3, 0.4) is 0 Å². The lowest BCUT2D eigenvalue weighted by Gasteiger charge is -2.36. The fourth-order valence-electron chi connectivity index (χ4n) is 2.59. The second-order valence-corrected chi connectivity index (χ2v) is 4.80. The van der Waals surface area contributed by atoms with Crippen molar-refractivity contribution < 1.29 is 4.42 Å². The summed E-state index contributed by atoms with van der Waals surface area (Å²) in [6.45, 7) is 12.1. The van der Waals surface area contributed by atoms with Crippen LogP contribution in [0.25, 0.3) is 0 Å². The van der Waals surface area contributed by atoms with Crippen molar-refractivity contribution in [2.75, 3.05) is 45.8 Å². The Morgan fingerprint density at radius 2 is 2.06 bits per heavy atom. The first kappa shape index (κ1) is 13.6. The molecule has 4 nitrogen and oxygen atoms in total. The molecule has 1 aliphatic heterocycles. The molecule has 0 aromatic carbocycles. The molecule has 1 aliphatic rings. The molecule has 18 heavy (non-hydrogen) atoms. The maximum absolute atomic E-state index is 5.65. The first-order valence-corrected chi connectivity index (χ1v) is 7.05. The van der Waals surface area contributed by atoms with E-state index in [9.17, 15) is 0 Å². The molecule has 2 heterocycles. The van der Waals surface area contributed by atoms with Crippen molar-refractivity contribution in [3.63, 3.8) is 0 Å². The molecule has 1 N–H and O–H groups in total. The third-order valence-corrected chi connectivity index (χ3v) is 3.79. The van der Waals surface area contributed by atoms with Gasteiger partial charge in [-0.25, -0.2) is 0 Å². The minimum absolute atomic E-state index is 0.391. The van der Waals surface area contributed by atoms with Gasteiger partial charge in [0.1, 0.15) is 5.76 Å². The summed E-state index contributed by atoms with van der Waals surface area (Å²) < 4.78 is 5.65. The van der Waals surface area contributed by atoms with Gasteiger partial charge in [0.25, 0.3) is 0 Å². The average Bonchev–Trinajstić information content (AvgIpc) is 2.95. The number of likely N-dealkylation sites (N-methyl/N-ethyl adjacent to an activating group) is 1. The largest absolute Gasteiger partial charge is 0.468 e. The Kier molecular flexibility index (Phi) is 5.23. The van der Waals surface area contributed by atoms with Gasteiger partial charge in [-0.15, -0.1) is 0 Å². The Hall–Kier alpha value is -0.840. The van der Waals surface area contributed by atoms with Gasteiger partial charge in [-0.05, 0) is 25.2 Å². The van der Waals surface area contributed by atoms with Gasteiger partial charge < -0.3 is 14.6 Å². The maximum Gasteiger partial charge on any atom is 0.122 e. The van der Waals surface area contributed by atoms with Crippen LogP contribution in [0.4, 0.5) is 0 Å². The Morgan fingerprint density at radius 1 is 1.33 bits per heavy atom. The van der Waals surface area contributed by atoms with Crippen LogP contribution in [0.15, 0.2) is 22.8 Å². The van der Waals surface area contributed by atoms with Crippen LogP contribution >= 0.6 is 0 Å². The number of nitrogens with zero attached hydrogens (tertiary/aromatic N) is 2. The molecular weight excluding hydrogens is 226 g/mol. The minimum Gasteiger partial charge on any atom is -0.468 e. The van der Waals surface area contributed by atoms with Gasteiger partial charge in [0, 0.05) is 32.7 Å². The van der Waals surface area contributed by atoms with Crippen LogP contribution in [0.5, 0.6) is 0 Å². The summed E-state index contributed by atoms with van der Waals surface area (Å²) in [5, 5.41) is 3.41. The molecule has 1 atom stereocenters. The summed E-state index contributed by atoms with van der Waals surface area (Å²) in [5.41, 5.74) is 0. The molecule has 102 valence electrons. The van der Waals surface area contributed by atoms with Gasteiger partial charge in [0.2, 0.25) is 0 Å². The highest BCUT2D eigenvalue weighted by Crippen LogP contribution is 2.22. The van der Waals surface area contributed by atoms with E-state index >= 15 is 0 Å². The molecule has 0 spiro atoms. The van der Waals surface area contributed by atoms with Gasteiger partial charge >= 0.3 is 0 Å². The number of hydrogen-bond acceptors (Lipinski definition) is 4. The lowest BCUT2D eigenvalue weighted by molar-refractivity contribution is 0.114. The zero-order valence-corrected chi connectivity index (χ0v) is 11.6. The van der Waals surface area contributed by atoms with Crippen LogP contribution in [-0.2, 0) is 0 Å². The summed E-state index contributed by atoms with van der Waals surface area (Å²) in [5.74, 6) is 1.10. The first-order chi connectivity index (χ1) is 8.85. The number of hydrogen-bond donors (Lipinski definition) is 1. The highest BCUT2D eigenvalue weighted by molar-refractivity contribution is 5.06. The molecule has 4 heteroatoms. The molecular formula is C14H25N3O. The van der Waals surface area contributed by atoms with Crippen molar-refractivity contribution in [2.45, 2.75) is 19.9 Å². The predicted molar refractivity (Wildman–Crippen MR) is 73.7 cm³/mol. The molecule has 2 rings (SSSR count). The maximum atomic E-state index is 5.65. The van der Waals surface area contributed by atoms with E-state index in [2.05, 4.69) is 35.0 Å². The zero-order chi connectivity index (χ0) is 12.8. The summed E-state index contributed by atoms with van der Waals surface area (Å²) >= 11 is 0. The van der Waals surface area contributed by atoms with Crippen molar-refractivity contribution in [1.29, 1.82) is 0 Å². The smallest absolute Gasteiger partial charge is 0.122 e. The van der Waals surface area contributed by atoms with Gasteiger partial charge in [0.05, 0.1) is 12.3 Å². The van der Waals surface area contributed by atoms with Crippen molar-refractivity contribution in [2.24, 2.45) is 0 Å². The van der Waals surface area contributed by atoms with Crippen LogP contribution in [0, 0.1) is 0 Å². The van der Waals surface area contributed by atoms with E-state index in [1.807, 2.05) is 6.07 Å². The van der Waals surface area contributed by atoms with E-state index in [0.29, 0.717) is 6.04 Å². The summed E-state index contributed by atoms with van der Waals surface area (Å²) in [6, 6.07) is 4.49. The molecule has 0 aliphatic carbocycles. The SMILES string of the molecule is CCN(CC)CC(c1ccco1)N1CCNCC1. The average molecular weight is 251 g/mol. The number of nitrogens with one attached hydrogen (secondary N) is 1. The normalized spacial score (nSPS) is 19.3. The van der Waals surface area contributed by atoms with Crippen LogP contribution < -0.4 is 5.32 Å². The second kappa shape index (κ2) is 6.92. The highest BCUT2D eigenvalue weighted by atomic mass is 16.3. The van der Waals surface area contributed by atoms with Crippen LogP contribution in [-0.4, -0.2) is 55.6 Å². The third kappa shape index (κ3) is 3.34. The van der Waals surface area contributed by atoms with E-state index in [4.69, 9.17) is 4.42 Å². The molecule has 1 aromatic rings. The minimum atomic E-state index is 0.391. The lowest BCUT2D eigenvalue weighted by atomic mass is 10.1. The Bertz CT molecular complexity index is 316. The highest BCUT2D eigenvalue weighted by Gasteiger charge is 2.25. The first-order valence-electron chi connectivity index (χ1n) is 7.05. The quantitative estimate of drug-likeness (QED) is 0.831. The molecule has 1 aromatic heterocycles. The molecule has 0 radical (unpaired) electrons.